The Morgan fingerprint density at radius 2 is 2.20 bits per heavy atom. The largest absolute Gasteiger partial charge is 0.341 e. The third-order valence-corrected chi connectivity index (χ3v) is 2.65. The summed E-state index contributed by atoms with van der Waals surface area (Å²) in [7, 11) is 3.92. The molecule has 2 rings (SSSR count). The molecule has 0 bridgehead atoms. The average molecular weight is 272 g/mol. The van der Waals surface area contributed by atoms with E-state index in [1.54, 1.807) is 6.07 Å². The van der Waals surface area contributed by atoms with E-state index < -0.39 is 0 Å². The van der Waals surface area contributed by atoms with Crippen LogP contribution in [0, 0.1) is 5.82 Å². The second-order valence-electron chi connectivity index (χ2n) is 3.70. The molecule has 3 nitrogen and oxygen atoms in total. The van der Waals surface area contributed by atoms with E-state index in [0.717, 1.165) is 16.9 Å². The Kier molecular flexibility index (Phi) is 2.75. The lowest BCUT2D eigenvalue weighted by Gasteiger charge is -2.04. The molecule has 0 atom stereocenters. The van der Waals surface area contributed by atoms with Gasteiger partial charge in [-0.15, -0.1) is 0 Å². The van der Waals surface area contributed by atoms with Crippen LogP contribution in [0.4, 0.5) is 4.39 Å². The smallest absolute Gasteiger partial charge is 0.139 e. The number of rotatable bonds is 2. The molecule has 0 unspecified atom stereocenters. The van der Waals surface area contributed by atoms with Crippen molar-refractivity contribution in [3.8, 4) is 0 Å². The summed E-state index contributed by atoms with van der Waals surface area (Å²) in [5.74, 6) is 0.565. The van der Waals surface area contributed by atoms with E-state index in [-0.39, 0.29) is 5.82 Å². The van der Waals surface area contributed by atoms with Gasteiger partial charge in [0.15, 0.2) is 0 Å². The van der Waals surface area contributed by atoms with Crippen LogP contribution in [0.2, 0.25) is 0 Å². The Morgan fingerprint density at radius 3 is 2.87 bits per heavy atom. The summed E-state index contributed by atoms with van der Waals surface area (Å²) < 4.78 is 13.7. The number of hydrogen-bond donors (Lipinski definition) is 1. The fraction of sp³-hybridized carbons (Fsp3) is 0.300. The minimum absolute atomic E-state index is 0.275. The summed E-state index contributed by atoms with van der Waals surface area (Å²) in [6.45, 7) is 0.716. The fourth-order valence-electron chi connectivity index (χ4n) is 1.43. The lowest BCUT2D eigenvalue weighted by molar-refractivity contribution is 0.392. The summed E-state index contributed by atoms with van der Waals surface area (Å²) >= 11 is 3.14. The van der Waals surface area contributed by atoms with Crippen LogP contribution in [0.1, 0.15) is 5.82 Å². The molecule has 0 spiro atoms. The molecule has 0 saturated carbocycles. The minimum Gasteiger partial charge on any atom is -0.341 e. The van der Waals surface area contributed by atoms with E-state index in [0.29, 0.717) is 11.0 Å². The summed E-state index contributed by atoms with van der Waals surface area (Å²) in [5, 5.41) is 0. The minimum atomic E-state index is -0.275. The van der Waals surface area contributed by atoms with Crippen molar-refractivity contribution in [2.45, 2.75) is 6.54 Å². The number of halogens is 2. The molecule has 0 aliphatic carbocycles. The number of fused-ring (bicyclic) bond motifs is 1. The maximum Gasteiger partial charge on any atom is 0.139 e. The van der Waals surface area contributed by atoms with Crippen molar-refractivity contribution in [3.63, 3.8) is 0 Å². The van der Waals surface area contributed by atoms with Crippen LogP contribution < -0.4 is 0 Å². The number of aromatic nitrogens is 2. The monoisotopic (exact) mass is 271 g/mol. The first kappa shape index (κ1) is 10.6. The Bertz CT molecular complexity index is 454. The Labute approximate surface area is 95.4 Å². The molecule has 0 fully saturated rings. The number of hydrogen-bond acceptors (Lipinski definition) is 2. The number of aromatic amines is 1. The van der Waals surface area contributed by atoms with Gasteiger partial charge < -0.3 is 9.88 Å². The summed E-state index contributed by atoms with van der Waals surface area (Å²) in [6, 6.07) is 3.13. The molecule has 5 heteroatoms. The van der Waals surface area contributed by atoms with E-state index in [4.69, 9.17) is 0 Å². The molecule has 1 heterocycles. The molecular formula is C10H11BrFN3. The van der Waals surface area contributed by atoms with Gasteiger partial charge in [-0.2, -0.15) is 0 Å². The molecule has 2 aromatic rings. The van der Waals surface area contributed by atoms with Gasteiger partial charge in [-0.25, -0.2) is 9.37 Å². The van der Waals surface area contributed by atoms with Crippen molar-refractivity contribution < 1.29 is 4.39 Å². The third kappa shape index (κ3) is 2.18. The summed E-state index contributed by atoms with van der Waals surface area (Å²) in [6.07, 6.45) is 0. The fourth-order valence-corrected chi connectivity index (χ4v) is 1.76. The van der Waals surface area contributed by atoms with Crippen molar-refractivity contribution in [1.29, 1.82) is 0 Å². The molecule has 1 aromatic carbocycles. The van der Waals surface area contributed by atoms with E-state index in [2.05, 4.69) is 25.9 Å². The maximum absolute atomic E-state index is 13.2. The number of benzene rings is 1. The van der Waals surface area contributed by atoms with Crippen LogP contribution in [-0.4, -0.2) is 29.0 Å². The van der Waals surface area contributed by atoms with E-state index >= 15 is 0 Å². The zero-order valence-corrected chi connectivity index (χ0v) is 10.1. The lowest BCUT2D eigenvalue weighted by Crippen LogP contribution is -2.11. The van der Waals surface area contributed by atoms with Crippen molar-refractivity contribution >= 4 is 27.0 Å². The van der Waals surface area contributed by atoms with Gasteiger partial charge in [0.2, 0.25) is 0 Å². The third-order valence-electron chi connectivity index (χ3n) is 2.04. The highest BCUT2D eigenvalue weighted by Gasteiger charge is 2.07. The molecule has 80 valence electrons. The predicted molar refractivity (Wildman–Crippen MR) is 61.1 cm³/mol. The molecular weight excluding hydrogens is 261 g/mol. The molecule has 0 radical (unpaired) electrons. The van der Waals surface area contributed by atoms with Gasteiger partial charge in [-0.1, -0.05) is 0 Å². The van der Waals surface area contributed by atoms with Crippen molar-refractivity contribution in [3.05, 3.63) is 28.2 Å². The molecule has 0 aliphatic rings. The van der Waals surface area contributed by atoms with Gasteiger partial charge in [0.1, 0.15) is 11.6 Å². The quantitative estimate of drug-likeness (QED) is 0.911. The van der Waals surface area contributed by atoms with Crippen LogP contribution >= 0.6 is 15.9 Å². The van der Waals surface area contributed by atoms with Gasteiger partial charge in [0.25, 0.3) is 0 Å². The zero-order valence-electron chi connectivity index (χ0n) is 8.51. The predicted octanol–water partition coefficient (Wildman–Crippen LogP) is 2.53. The lowest BCUT2D eigenvalue weighted by atomic mass is 10.3. The van der Waals surface area contributed by atoms with Crippen LogP contribution in [0.15, 0.2) is 16.6 Å². The van der Waals surface area contributed by atoms with Crippen LogP contribution in [0.3, 0.4) is 0 Å². The summed E-state index contributed by atoms with van der Waals surface area (Å²) in [5.41, 5.74) is 1.51. The Balaban J connectivity index is 2.47. The molecule has 15 heavy (non-hydrogen) atoms. The second-order valence-corrected chi connectivity index (χ2v) is 4.56. The highest BCUT2D eigenvalue weighted by molar-refractivity contribution is 9.10. The summed E-state index contributed by atoms with van der Waals surface area (Å²) in [4.78, 5) is 9.45. The Morgan fingerprint density at radius 1 is 1.47 bits per heavy atom. The highest BCUT2D eigenvalue weighted by atomic mass is 79.9. The molecule has 1 aromatic heterocycles. The number of nitrogens with one attached hydrogen (secondary N) is 1. The number of nitrogens with zero attached hydrogens (tertiary/aromatic N) is 2. The first-order chi connectivity index (χ1) is 7.06. The molecule has 1 N–H and O–H groups in total. The topological polar surface area (TPSA) is 31.9 Å². The van der Waals surface area contributed by atoms with Crippen molar-refractivity contribution in [2.75, 3.05) is 14.1 Å². The maximum atomic E-state index is 13.2. The SMILES string of the molecule is CN(C)Cc1nc2cc(Br)c(F)cc2[nH]1. The van der Waals surface area contributed by atoms with Gasteiger partial charge in [0, 0.05) is 6.07 Å². The molecule has 0 amide bonds. The first-order valence-electron chi connectivity index (χ1n) is 4.54. The normalized spacial score (nSPS) is 11.5. The van der Waals surface area contributed by atoms with Crippen LogP contribution in [0.25, 0.3) is 11.0 Å². The van der Waals surface area contributed by atoms with Crippen molar-refractivity contribution in [1.82, 2.24) is 14.9 Å². The first-order valence-corrected chi connectivity index (χ1v) is 5.34. The van der Waals surface area contributed by atoms with Gasteiger partial charge >= 0.3 is 0 Å². The number of imidazole rings is 1. The van der Waals surface area contributed by atoms with Gasteiger partial charge in [-0.3, -0.25) is 0 Å². The van der Waals surface area contributed by atoms with Crippen LogP contribution in [0.5, 0.6) is 0 Å². The van der Waals surface area contributed by atoms with Crippen LogP contribution in [-0.2, 0) is 6.54 Å². The second kappa shape index (κ2) is 3.90. The zero-order chi connectivity index (χ0) is 11.0. The van der Waals surface area contributed by atoms with Gasteiger partial charge in [0.05, 0.1) is 22.1 Å². The van der Waals surface area contributed by atoms with Gasteiger partial charge in [-0.05, 0) is 36.1 Å². The highest BCUT2D eigenvalue weighted by Crippen LogP contribution is 2.21. The van der Waals surface area contributed by atoms with E-state index in [1.807, 2.05) is 19.0 Å². The average Bonchev–Trinajstić information content (AvgIpc) is 2.46. The van der Waals surface area contributed by atoms with E-state index in [9.17, 15) is 4.39 Å². The van der Waals surface area contributed by atoms with Crippen molar-refractivity contribution in [2.24, 2.45) is 0 Å². The standard InChI is InChI=1S/C10H11BrFN3/c1-15(2)5-10-13-8-3-6(11)7(12)4-9(8)14-10/h3-4H,5H2,1-2H3,(H,13,14). The number of H-pyrrole nitrogens is 1. The molecule has 0 saturated heterocycles. The molecule has 0 aliphatic heterocycles. The van der Waals surface area contributed by atoms with E-state index in [1.165, 1.54) is 6.07 Å². The Hall–Kier alpha value is -0.940.